The van der Waals surface area contributed by atoms with E-state index in [2.05, 4.69) is 11.9 Å². The minimum absolute atomic E-state index is 0.0644. The van der Waals surface area contributed by atoms with Crippen LogP contribution in [-0.2, 0) is 0 Å². The molecule has 0 spiro atoms. The molecule has 1 aromatic rings. The Hall–Kier alpha value is -1.58. The zero-order valence-electron chi connectivity index (χ0n) is 10.4. The molecule has 1 atom stereocenters. The number of pyridine rings is 1. The molecule has 0 aliphatic carbocycles. The third-order valence-electron chi connectivity index (χ3n) is 3.40. The molecule has 0 aromatic carbocycles. The Bertz CT molecular complexity index is 431. The molecule has 2 rings (SSSR count). The largest absolute Gasteiger partial charge is 0.397 e. The molecule has 92 valence electrons. The van der Waals surface area contributed by atoms with E-state index in [9.17, 15) is 4.79 Å². The molecule has 0 saturated carbocycles. The van der Waals surface area contributed by atoms with Gasteiger partial charge >= 0.3 is 0 Å². The molecule has 1 unspecified atom stereocenters. The molecule has 1 fully saturated rings. The zero-order valence-corrected chi connectivity index (χ0v) is 10.4. The first-order valence-electron chi connectivity index (χ1n) is 6.12. The van der Waals surface area contributed by atoms with Crippen molar-refractivity contribution in [1.29, 1.82) is 0 Å². The van der Waals surface area contributed by atoms with E-state index < -0.39 is 0 Å². The van der Waals surface area contributed by atoms with E-state index in [4.69, 9.17) is 5.73 Å². The van der Waals surface area contributed by atoms with Crippen LogP contribution in [0.15, 0.2) is 12.3 Å². The highest BCUT2D eigenvalue weighted by Crippen LogP contribution is 2.20. The summed E-state index contributed by atoms with van der Waals surface area (Å²) in [6, 6.07) is 2.04. The third-order valence-corrected chi connectivity index (χ3v) is 3.40. The van der Waals surface area contributed by atoms with Gasteiger partial charge in [0.05, 0.1) is 23.1 Å². The summed E-state index contributed by atoms with van der Waals surface area (Å²) in [6.45, 7) is 4.79. The van der Waals surface area contributed by atoms with Gasteiger partial charge in [-0.3, -0.25) is 9.78 Å². The number of likely N-dealkylation sites (tertiary alicyclic amines) is 1. The SMILES string of the molecule is Cc1ncc(N)cc1C(=O)N1CCCCC1C. The summed E-state index contributed by atoms with van der Waals surface area (Å²) in [4.78, 5) is 18.5. The zero-order chi connectivity index (χ0) is 12.4. The van der Waals surface area contributed by atoms with Gasteiger partial charge in [-0.25, -0.2) is 0 Å². The molecule has 1 aliphatic heterocycles. The minimum Gasteiger partial charge on any atom is -0.397 e. The Labute approximate surface area is 102 Å². The second-order valence-corrected chi connectivity index (χ2v) is 4.74. The summed E-state index contributed by atoms with van der Waals surface area (Å²) in [7, 11) is 0. The van der Waals surface area contributed by atoms with E-state index in [1.807, 2.05) is 11.8 Å². The van der Waals surface area contributed by atoms with Crippen molar-refractivity contribution in [3.8, 4) is 0 Å². The first-order valence-corrected chi connectivity index (χ1v) is 6.12. The van der Waals surface area contributed by atoms with Crippen LogP contribution in [-0.4, -0.2) is 28.4 Å². The monoisotopic (exact) mass is 233 g/mol. The van der Waals surface area contributed by atoms with Crippen molar-refractivity contribution in [1.82, 2.24) is 9.88 Å². The molecule has 1 aromatic heterocycles. The number of carbonyl (C=O) groups excluding carboxylic acids is 1. The fourth-order valence-corrected chi connectivity index (χ4v) is 2.32. The van der Waals surface area contributed by atoms with Crippen molar-refractivity contribution in [2.45, 2.75) is 39.2 Å². The van der Waals surface area contributed by atoms with Crippen molar-refractivity contribution >= 4 is 11.6 Å². The first-order chi connectivity index (χ1) is 8.09. The number of aryl methyl sites for hydroxylation is 1. The average Bonchev–Trinajstić information content (AvgIpc) is 2.32. The number of aromatic nitrogens is 1. The van der Waals surface area contributed by atoms with E-state index in [-0.39, 0.29) is 5.91 Å². The summed E-state index contributed by atoms with van der Waals surface area (Å²) in [5.74, 6) is 0.0644. The van der Waals surface area contributed by atoms with Gasteiger partial charge in [-0.15, -0.1) is 0 Å². The average molecular weight is 233 g/mol. The fraction of sp³-hybridized carbons (Fsp3) is 0.538. The molecule has 1 aliphatic rings. The number of nitrogens with two attached hydrogens (primary N) is 1. The third kappa shape index (κ3) is 2.40. The second kappa shape index (κ2) is 4.73. The predicted molar refractivity (Wildman–Crippen MR) is 67.7 cm³/mol. The van der Waals surface area contributed by atoms with Crippen LogP contribution in [0.2, 0.25) is 0 Å². The summed E-state index contributed by atoms with van der Waals surface area (Å²) in [5.41, 5.74) is 7.63. The van der Waals surface area contributed by atoms with Crippen LogP contribution in [0.5, 0.6) is 0 Å². The molecule has 4 heteroatoms. The molecule has 0 radical (unpaired) electrons. The number of rotatable bonds is 1. The maximum Gasteiger partial charge on any atom is 0.256 e. The molecular weight excluding hydrogens is 214 g/mol. The van der Waals surface area contributed by atoms with Crippen molar-refractivity contribution in [2.75, 3.05) is 12.3 Å². The molecule has 0 bridgehead atoms. The van der Waals surface area contributed by atoms with Gasteiger partial charge in [-0.1, -0.05) is 0 Å². The topological polar surface area (TPSA) is 59.2 Å². The van der Waals surface area contributed by atoms with Gasteiger partial charge in [-0.05, 0) is 39.2 Å². The summed E-state index contributed by atoms with van der Waals surface area (Å²) in [6.07, 6.45) is 4.97. The highest BCUT2D eigenvalue weighted by atomic mass is 16.2. The van der Waals surface area contributed by atoms with Crippen LogP contribution < -0.4 is 5.73 Å². The number of piperidine rings is 1. The molecule has 1 saturated heterocycles. The van der Waals surface area contributed by atoms with Crippen molar-refractivity contribution in [3.63, 3.8) is 0 Å². The van der Waals surface area contributed by atoms with Gasteiger partial charge in [-0.2, -0.15) is 0 Å². The van der Waals surface area contributed by atoms with Gasteiger partial charge in [0, 0.05) is 12.6 Å². The number of hydrogen-bond donors (Lipinski definition) is 1. The summed E-state index contributed by atoms with van der Waals surface area (Å²) in [5, 5.41) is 0. The maximum absolute atomic E-state index is 12.4. The van der Waals surface area contributed by atoms with Crippen molar-refractivity contribution in [3.05, 3.63) is 23.5 Å². The van der Waals surface area contributed by atoms with Crippen LogP contribution in [0, 0.1) is 6.92 Å². The van der Waals surface area contributed by atoms with Crippen LogP contribution in [0.1, 0.15) is 42.2 Å². The van der Waals surface area contributed by atoms with E-state index in [1.165, 1.54) is 6.42 Å². The lowest BCUT2D eigenvalue weighted by atomic mass is 10.0. The number of anilines is 1. The highest BCUT2D eigenvalue weighted by Gasteiger charge is 2.25. The van der Waals surface area contributed by atoms with Crippen molar-refractivity contribution < 1.29 is 4.79 Å². The van der Waals surface area contributed by atoms with Gasteiger partial charge in [0.2, 0.25) is 0 Å². The predicted octanol–water partition coefficient (Wildman–Crippen LogP) is 1.99. The number of hydrogen-bond acceptors (Lipinski definition) is 3. The van der Waals surface area contributed by atoms with Crippen LogP contribution in [0.25, 0.3) is 0 Å². The standard InChI is InChI=1S/C13H19N3O/c1-9-5-3-4-6-16(9)13(17)12-7-11(14)8-15-10(12)2/h7-9H,3-6,14H2,1-2H3. The van der Waals surface area contributed by atoms with Gasteiger partial charge in [0.25, 0.3) is 5.91 Å². The Kier molecular flexibility index (Phi) is 3.31. The lowest BCUT2D eigenvalue weighted by Gasteiger charge is -2.33. The van der Waals surface area contributed by atoms with Crippen molar-refractivity contribution in [2.24, 2.45) is 0 Å². The Balaban J connectivity index is 2.26. The summed E-state index contributed by atoms with van der Waals surface area (Å²) < 4.78 is 0. The molecule has 4 nitrogen and oxygen atoms in total. The molecular formula is C13H19N3O. The molecule has 17 heavy (non-hydrogen) atoms. The van der Waals surface area contributed by atoms with Crippen LogP contribution >= 0.6 is 0 Å². The number of nitrogen functional groups attached to an aromatic ring is 1. The Morgan fingerprint density at radius 2 is 2.29 bits per heavy atom. The van der Waals surface area contributed by atoms with Gasteiger partial charge < -0.3 is 10.6 Å². The fourth-order valence-electron chi connectivity index (χ4n) is 2.32. The maximum atomic E-state index is 12.4. The van der Waals surface area contributed by atoms with Crippen LogP contribution in [0.4, 0.5) is 5.69 Å². The Morgan fingerprint density at radius 1 is 1.53 bits per heavy atom. The Morgan fingerprint density at radius 3 is 3.00 bits per heavy atom. The second-order valence-electron chi connectivity index (χ2n) is 4.74. The van der Waals surface area contributed by atoms with E-state index in [0.717, 1.165) is 25.1 Å². The number of carbonyl (C=O) groups is 1. The van der Waals surface area contributed by atoms with E-state index >= 15 is 0 Å². The lowest BCUT2D eigenvalue weighted by molar-refractivity contribution is 0.0634. The quantitative estimate of drug-likeness (QED) is 0.807. The molecule has 2 N–H and O–H groups in total. The lowest BCUT2D eigenvalue weighted by Crippen LogP contribution is -2.42. The van der Waals surface area contributed by atoms with E-state index in [1.54, 1.807) is 12.3 Å². The van der Waals surface area contributed by atoms with Gasteiger partial charge in [0.1, 0.15) is 0 Å². The summed E-state index contributed by atoms with van der Waals surface area (Å²) >= 11 is 0. The first kappa shape index (κ1) is 11.9. The molecule has 1 amide bonds. The smallest absolute Gasteiger partial charge is 0.256 e. The van der Waals surface area contributed by atoms with Crippen LogP contribution in [0.3, 0.4) is 0 Å². The van der Waals surface area contributed by atoms with E-state index in [0.29, 0.717) is 17.3 Å². The molecule has 2 heterocycles. The number of nitrogens with zero attached hydrogens (tertiary/aromatic N) is 2. The van der Waals surface area contributed by atoms with Gasteiger partial charge in [0.15, 0.2) is 0 Å². The highest BCUT2D eigenvalue weighted by molar-refractivity contribution is 5.96. The normalized spacial score (nSPS) is 20.4. The number of amides is 1. The minimum atomic E-state index is 0.0644.